The zero-order valence-electron chi connectivity index (χ0n) is 12.4. The molecule has 0 saturated carbocycles. The first-order chi connectivity index (χ1) is 11.1. The molecule has 1 unspecified atom stereocenters. The molecule has 1 atom stereocenters. The van der Waals surface area contributed by atoms with Crippen LogP contribution in [0.25, 0.3) is 0 Å². The van der Waals surface area contributed by atoms with Gasteiger partial charge in [-0.2, -0.15) is 0 Å². The molecule has 4 nitrogen and oxygen atoms in total. The van der Waals surface area contributed by atoms with Gasteiger partial charge < -0.3 is 4.74 Å². The van der Waals surface area contributed by atoms with Crippen molar-refractivity contribution in [1.29, 1.82) is 0 Å². The van der Waals surface area contributed by atoms with Crippen molar-refractivity contribution in [2.24, 2.45) is 0 Å². The van der Waals surface area contributed by atoms with Crippen LogP contribution in [-0.2, 0) is 22.4 Å². The summed E-state index contributed by atoms with van der Waals surface area (Å²) >= 11 is 2.22. The monoisotopic (exact) mass is 421 g/mol. The zero-order chi connectivity index (χ0) is 16.2. The molecule has 2 amide bonds. The van der Waals surface area contributed by atoms with Crippen LogP contribution in [-0.4, -0.2) is 29.5 Å². The highest BCUT2D eigenvalue weighted by atomic mass is 127. The summed E-state index contributed by atoms with van der Waals surface area (Å²) in [5, 5.41) is 0. The first-order valence-electron chi connectivity index (χ1n) is 7.40. The van der Waals surface area contributed by atoms with Crippen molar-refractivity contribution in [3.05, 3.63) is 69.3 Å². The molecule has 2 aromatic rings. The normalized spacial score (nSPS) is 17.2. The summed E-state index contributed by atoms with van der Waals surface area (Å²) in [6.45, 7) is 0.256. The highest BCUT2D eigenvalue weighted by Gasteiger charge is 2.37. The van der Waals surface area contributed by atoms with E-state index in [2.05, 4.69) is 22.6 Å². The molecule has 1 aliphatic heterocycles. The van der Waals surface area contributed by atoms with Crippen LogP contribution >= 0.6 is 22.6 Å². The quantitative estimate of drug-likeness (QED) is 0.711. The topological polar surface area (TPSA) is 46.6 Å². The van der Waals surface area contributed by atoms with Crippen LogP contribution in [0.2, 0.25) is 0 Å². The maximum atomic E-state index is 12.5. The van der Waals surface area contributed by atoms with Gasteiger partial charge in [-0.25, -0.2) is 9.69 Å². The highest BCUT2D eigenvalue weighted by Crippen LogP contribution is 2.19. The van der Waals surface area contributed by atoms with Gasteiger partial charge in [0.2, 0.25) is 5.91 Å². The summed E-state index contributed by atoms with van der Waals surface area (Å²) in [4.78, 5) is 25.7. The largest absolute Gasteiger partial charge is 0.447 e. The molecule has 0 aliphatic carbocycles. The van der Waals surface area contributed by atoms with E-state index in [1.165, 1.54) is 4.90 Å². The van der Waals surface area contributed by atoms with Crippen molar-refractivity contribution in [3.63, 3.8) is 0 Å². The number of hydrogen-bond donors (Lipinski definition) is 0. The molecule has 3 rings (SSSR count). The molecule has 1 saturated heterocycles. The Morgan fingerprint density at radius 2 is 1.78 bits per heavy atom. The molecular weight excluding hydrogens is 405 g/mol. The number of cyclic esters (lactones) is 1. The van der Waals surface area contributed by atoms with E-state index in [1.807, 2.05) is 54.6 Å². The van der Waals surface area contributed by atoms with Crippen LogP contribution in [0.3, 0.4) is 0 Å². The van der Waals surface area contributed by atoms with E-state index in [-0.39, 0.29) is 25.0 Å². The van der Waals surface area contributed by atoms with Crippen molar-refractivity contribution in [2.45, 2.75) is 18.9 Å². The summed E-state index contributed by atoms with van der Waals surface area (Å²) in [6, 6.07) is 17.3. The van der Waals surface area contributed by atoms with Crippen LogP contribution in [0.1, 0.15) is 11.1 Å². The van der Waals surface area contributed by atoms with Crippen molar-refractivity contribution in [2.75, 3.05) is 6.61 Å². The van der Waals surface area contributed by atoms with Gasteiger partial charge in [-0.05, 0) is 52.3 Å². The van der Waals surface area contributed by atoms with Gasteiger partial charge in [-0.15, -0.1) is 0 Å². The Balaban J connectivity index is 1.71. The maximum absolute atomic E-state index is 12.5. The number of imide groups is 1. The van der Waals surface area contributed by atoms with Crippen molar-refractivity contribution >= 4 is 34.6 Å². The Bertz CT molecular complexity index is 700. The van der Waals surface area contributed by atoms with E-state index in [4.69, 9.17) is 4.74 Å². The molecule has 1 aliphatic rings. The second-order valence-electron chi connectivity index (χ2n) is 5.49. The number of amides is 2. The first-order valence-corrected chi connectivity index (χ1v) is 8.48. The Morgan fingerprint density at radius 1 is 1.09 bits per heavy atom. The van der Waals surface area contributed by atoms with Gasteiger partial charge in [0.25, 0.3) is 0 Å². The lowest BCUT2D eigenvalue weighted by atomic mass is 10.0. The Labute approximate surface area is 148 Å². The Hall–Kier alpha value is -1.89. The summed E-state index contributed by atoms with van der Waals surface area (Å²) in [6.07, 6.45) is 0.281. The average Bonchev–Trinajstić information content (AvgIpc) is 2.91. The maximum Gasteiger partial charge on any atom is 0.416 e. The zero-order valence-corrected chi connectivity index (χ0v) is 14.6. The molecule has 0 radical (unpaired) electrons. The van der Waals surface area contributed by atoms with Gasteiger partial charge in [0.1, 0.15) is 6.61 Å². The third-order valence-electron chi connectivity index (χ3n) is 3.81. The summed E-state index contributed by atoms with van der Waals surface area (Å²) < 4.78 is 6.21. The minimum atomic E-state index is -0.540. The number of hydrogen-bond acceptors (Lipinski definition) is 3. The van der Waals surface area contributed by atoms with Crippen LogP contribution in [0, 0.1) is 3.57 Å². The van der Waals surface area contributed by atoms with Crippen molar-refractivity contribution < 1.29 is 14.3 Å². The Kier molecular flexibility index (Phi) is 4.95. The lowest BCUT2D eigenvalue weighted by Crippen LogP contribution is -2.41. The summed E-state index contributed by atoms with van der Waals surface area (Å²) in [7, 11) is 0. The second kappa shape index (κ2) is 7.12. The number of carbonyl (C=O) groups excluding carboxylic acids is 2. The van der Waals surface area contributed by atoms with Gasteiger partial charge in [-0.3, -0.25) is 4.79 Å². The predicted molar refractivity (Wildman–Crippen MR) is 95.0 cm³/mol. The molecule has 5 heteroatoms. The van der Waals surface area contributed by atoms with Gasteiger partial charge in [0.05, 0.1) is 12.5 Å². The lowest BCUT2D eigenvalue weighted by Gasteiger charge is -2.19. The number of benzene rings is 2. The first kappa shape index (κ1) is 16.0. The standard InChI is InChI=1S/C18H16INO3/c19-15-8-6-14(7-9-15)11-17(21)20-16(12-23-18(20)22)10-13-4-2-1-3-5-13/h1-9,16H,10-12H2. The minimum absolute atomic E-state index is 0.206. The van der Waals surface area contributed by atoms with Crippen molar-refractivity contribution in [3.8, 4) is 0 Å². The molecular formula is C18H16INO3. The molecule has 1 fully saturated rings. The molecule has 0 spiro atoms. The molecule has 0 aromatic heterocycles. The fourth-order valence-corrected chi connectivity index (χ4v) is 3.02. The smallest absolute Gasteiger partial charge is 0.416 e. The fraction of sp³-hybridized carbons (Fsp3) is 0.222. The number of carbonyl (C=O) groups is 2. The second-order valence-corrected chi connectivity index (χ2v) is 6.73. The fourth-order valence-electron chi connectivity index (χ4n) is 2.66. The van der Waals surface area contributed by atoms with Gasteiger partial charge in [-0.1, -0.05) is 42.5 Å². The van der Waals surface area contributed by atoms with E-state index < -0.39 is 6.09 Å². The van der Waals surface area contributed by atoms with Gasteiger partial charge in [0.15, 0.2) is 0 Å². The summed E-state index contributed by atoms with van der Waals surface area (Å²) in [5.41, 5.74) is 1.98. The molecule has 0 N–H and O–H groups in total. The van der Waals surface area contributed by atoms with E-state index in [1.54, 1.807) is 0 Å². The average molecular weight is 421 g/mol. The van der Waals surface area contributed by atoms with Crippen molar-refractivity contribution in [1.82, 2.24) is 4.90 Å². The summed E-state index contributed by atoms with van der Waals surface area (Å²) in [5.74, 6) is -0.213. The van der Waals surface area contributed by atoms with Gasteiger partial charge in [0, 0.05) is 3.57 Å². The van der Waals surface area contributed by atoms with E-state index in [9.17, 15) is 9.59 Å². The number of ether oxygens (including phenoxy) is 1. The SMILES string of the molecule is O=C(Cc1ccc(I)cc1)N1C(=O)OCC1Cc1ccccc1. The third-order valence-corrected chi connectivity index (χ3v) is 4.53. The molecule has 23 heavy (non-hydrogen) atoms. The van der Waals surface area contributed by atoms with E-state index >= 15 is 0 Å². The lowest BCUT2D eigenvalue weighted by molar-refractivity contribution is -0.128. The van der Waals surface area contributed by atoms with Gasteiger partial charge >= 0.3 is 6.09 Å². The highest BCUT2D eigenvalue weighted by molar-refractivity contribution is 14.1. The van der Waals surface area contributed by atoms with Crippen LogP contribution < -0.4 is 0 Å². The molecule has 1 heterocycles. The van der Waals surface area contributed by atoms with Crippen LogP contribution in [0.15, 0.2) is 54.6 Å². The van der Waals surface area contributed by atoms with E-state index in [0.29, 0.717) is 6.42 Å². The predicted octanol–water partition coefficient (Wildman–Crippen LogP) is 3.42. The molecule has 0 bridgehead atoms. The number of nitrogens with zero attached hydrogens (tertiary/aromatic N) is 1. The van der Waals surface area contributed by atoms with Crippen LogP contribution in [0.4, 0.5) is 4.79 Å². The third kappa shape index (κ3) is 3.90. The van der Waals surface area contributed by atoms with Crippen LogP contribution in [0.5, 0.6) is 0 Å². The van der Waals surface area contributed by atoms with E-state index in [0.717, 1.165) is 14.7 Å². The number of rotatable bonds is 4. The molecule has 118 valence electrons. The molecule has 2 aromatic carbocycles. The Morgan fingerprint density at radius 3 is 2.48 bits per heavy atom. The minimum Gasteiger partial charge on any atom is -0.447 e. The number of halogens is 1.